The number of rotatable bonds is 6. The molecule has 3 amide bonds. The molecule has 3 aliphatic heterocycles. The molecule has 3 heterocycles. The molecule has 0 unspecified atom stereocenters. The van der Waals surface area contributed by atoms with Crippen LogP contribution in [0.3, 0.4) is 0 Å². The Hall–Kier alpha value is -2.67. The Morgan fingerprint density at radius 1 is 1.22 bits per heavy atom. The number of carbonyl (C=O) groups excluding carboxylic acids is 3. The number of likely N-dealkylation sites (tertiary alicyclic amines) is 1. The summed E-state index contributed by atoms with van der Waals surface area (Å²) in [7, 11) is 0. The van der Waals surface area contributed by atoms with E-state index in [1.54, 1.807) is 4.90 Å². The van der Waals surface area contributed by atoms with Crippen molar-refractivity contribution in [1.29, 1.82) is 0 Å². The lowest BCUT2D eigenvalue weighted by Gasteiger charge is -2.39. The summed E-state index contributed by atoms with van der Waals surface area (Å²) in [4.78, 5) is 43.1. The van der Waals surface area contributed by atoms with Crippen LogP contribution < -0.4 is 10.6 Å². The SMILES string of the molecule is CC[C@H](C)N1C(=O)[C@H]2[C@H](C(=O)Nc3cccc(C)c3)[C@H]3C=C[C@@]2(O3)[C@@H]1C(=O)N[C@@H]1CCC[C@@H](C)[C@@H]1C. The Kier molecular flexibility index (Phi) is 6.48. The predicted octanol–water partition coefficient (Wildman–Crippen LogP) is 3.82. The van der Waals surface area contributed by atoms with Crippen LogP contribution in [0.4, 0.5) is 5.69 Å². The van der Waals surface area contributed by atoms with Crippen LogP contribution in [0.2, 0.25) is 0 Å². The Morgan fingerprint density at radius 3 is 2.72 bits per heavy atom. The van der Waals surface area contributed by atoms with Gasteiger partial charge in [-0.05, 0) is 56.2 Å². The van der Waals surface area contributed by atoms with Crippen molar-refractivity contribution in [2.75, 3.05) is 5.32 Å². The van der Waals surface area contributed by atoms with Crippen molar-refractivity contribution >= 4 is 23.4 Å². The lowest BCUT2D eigenvalue weighted by molar-refractivity contribution is -0.144. The average Bonchev–Trinajstić information content (AvgIpc) is 3.49. The van der Waals surface area contributed by atoms with Crippen LogP contribution in [0.15, 0.2) is 36.4 Å². The smallest absolute Gasteiger partial charge is 0.246 e. The number of carbonyl (C=O) groups is 3. The normalized spacial score (nSPS) is 37.6. The lowest BCUT2D eigenvalue weighted by atomic mass is 9.73. The third-order valence-corrected chi connectivity index (χ3v) is 9.25. The van der Waals surface area contributed by atoms with Crippen molar-refractivity contribution in [3.8, 4) is 0 Å². The van der Waals surface area contributed by atoms with Gasteiger partial charge in [-0.2, -0.15) is 0 Å². The highest BCUT2D eigenvalue weighted by Crippen LogP contribution is 2.56. The van der Waals surface area contributed by atoms with Gasteiger partial charge in [0.2, 0.25) is 17.7 Å². The van der Waals surface area contributed by atoms with Gasteiger partial charge in [-0.3, -0.25) is 14.4 Å². The summed E-state index contributed by atoms with van der Waals surface area (Å²) in [5, 5.41) is 6.30. The van der Waals surface area contributed by atoms with Gasteiger partial charge in [-0.15, -0.1) is 0 Å². The second kappa shape index (κ2) is 9.33. The number of fused-ring (bicyclic) bond motifs is 1. The van der Waals surface area contributed by atoms with Crippen molar-refractivity contribution in [3.05, 3.63) is 42.0 Å². The van der Waals surface area contributed by atoms with Gasteiger partial charge < -0.3 is 20.3 Å². The molecular formula is C29H39N3O4. The van der Waals surface area contributed by atoms with E-state index >= 15 is 0 Å². The Morgan fingerprint density at radius 2 is 2.00 bits per heavy atom. The maximum absolute atomic E-state index is 14.0. The molecule has 2 saturated heterocycles. The fraction of sp³-hybridized carbons (Fsp3) is 0.621. The van der Waals surface area contributed by atoms with Crippen molar-refractivity contribution in [2.24, 2.45) is 23.7 Å². The molecule has 7 heteroatoms. The monoisotopic (exact) mass is 493 g/mol. The molecular weight excluding hydrogens is 454 g/mol. The van der Waals surface area contributed by atoms with Gasteiger partial charge in [0.15, 0.2) is 0 Å². The Balaban J connectivity index is 1.45. The number of nitrogens with zero attached hydrogens (tertiary/aromatic N) is 1. The minimum atomic E-state index is -1.12. The summed E-state index contributed by atoms with van der Waals surface area (Å²) >= 11 is 0. The van der Waals surface area contributed by atoms with Crippen LogP contribution in [0.1, 0.15) is 58.9 Å². The molecule has 2 bridgehead atoms. The molecule has 0 aromatic heterocycles. The molecule has 1 saturated carbocycles. The number of hydrogen-bond acceptors (Lipinski definition) is 4. The first kappa shape index (κ1) is 25.0. The van der Waals surface area contributed by atoms with Gasteiger partial charge in [0.25, 0.3) is 0 Å². The minimum Gasteiger partial charge on any atom is -0.359 e. The highest BCUT2D eigenvalue weighted by atomic mass is 16.5. The average molecular weight is 494 g/mol. The second-order valence-electron chi connectivity index (χ2n) is 11.4. The Labute approximate surface area is 214 Å². The number of ether oxygens (including phenoxy) is 1. The zero-order valence-electron chi connectivity index (χ0n) is 22.0. The van der Waals surface area contributed by atoms with E-state index in [4.69, 9.17) is 4.74 Å². The number of hydrogen-bond donors (Lipinski definition) is 2. The number of anilines is 1. The highest BCUT2D eigenvalue weighted by molar-refractivity contribution is 6.03. The van der Waals surface area contributed by atoms with E-state index in [2.05, 4.69) is 24.5 Å². The molecule has 1 aliphatic carbocycles. The second-order valence-corrected chi connectivity index (χ2v) is 11.4. The standard InChI is InChI=1S/C29H39N3O4/c1-6-18(4)32-25(27(34)31-21-12-8-10-17(3)19(21)5)29-14-13-22(36-29)23(24(29)28(32)35)26(33)30-20-11-7-9-16(2)15-20/h7,9,11,13-15,17-19,21-25H,6,8,10,12H2,1-5H3,(H,30,33)(H,31,34)/t17-,18+,19+,21-,22-,23-,24-,25+,29+/m1/s1. The van der Waals surface area contributed by atoms with Crippen LogP contribution in [-0.4, -0.2) is 52.5 Å². The van der Waals surface area contributed by atoms with Crippen molar-refractivity contribution in [2.45, 2.75) is 90.1 Å². The van der Waals surface area contributed by atoms with Gasteiger partial charge in [-0.1, -0.05) is 57.9 Å². The van der Waals surface area contributed by atoms with Crippen LogP contribution in [-0.2, 0) is 19.1 Å². The number of benzene rings is 1. The number of aryl methyl sites for hydroxylation is 1. The van der Waals surface area contributed by atoms with Gasteiger partial charge in [0.05, 0.1) is 17.9 Å². The fourth-order valence-electron chi connectivity index (χ4n) is 6.87. The molecule has 1 aromatic rings. The molecule has 9 atom stereocenters. The molecule has 1 aromatic carbocycles. The van der Waals surface area contributed by atoms with Gasteiger partial charge in [0.1, 0.15) is 11.6 Å². The summed E-state index contributed by atoms with van der Waals surface area (Å²) in [6.07, 6.45) is 7.15. The van der Waals surface area contributed by atoms with Gasteiger partial charge >= 0.3 is 0 Å². The van der Waals surface area contributed by atoms with E-state index in [-0.39, 0.29) is 29.8 Å². The maximum Gasteiger partial charge on any atom is 0.246 e. The summed E-state index contributed by atoms with van der Waals surface area (Å²) in [6, 6.07) is 6.75. The molecule has 3 fully saturated rings. The Bertz CT molecular complexity index is 1090. The third-order valence-electron chi connectivity index (χ3n) is 9.25. The van der Waals surface area contributed by atoms with E-state index in [0.29, 0.717) is 23.9 Å². The molecule has 36 heavy (non-hydrogen) atoms. The first-order valence-electron chi connectivity index (χ1n) is 13.5. The first-order chi connectivity index (χ1) is 17.2. The molecule has 4 aliphatic rings. The fourth-order valence-corrected chi connectivity index (χ4v) is 6.87. The zero-order valence-corrected chi connectivity index (χ0v) is 22.0. The van der Waals surface area contributed by atoms with E-state index in [1.165, 1.54) is 6.42 Å². The van der Waals surface area contributed by atoms with Crippen LogP contribution in [0, 0.1) is 30.6 Å². The summed E-state index contributed by atoms with van der Waals surface area (Å²) in [5.74, 6) is -1.05. The summed E-state index contributed by atoms with van der Waals surface area (Å²) in [5.41, 5.74) is 0.615. The lowest BCUT2D eigenvalue weighted by Crippen LogP contribution is -2.59. The minimum absolute atomic E-state index is 0.0774. The first-order valence-corrected chi connectivity index (χ1v) is 13.5. The van der Waals surface area contributed by atoms with Gasteiger partial charge in [-0.25, -0.2) is 0 Å². The highest BCUT2D eigenvalue weighted by Gasteiger charge is 2.73. The largest absolute Gasteiger partial charge is 0.359 e. The van der Waals surface area contributed by atoms with Crippen LogP contribution >= 0.6 is 0 Å². The molecule has 2 N–H and O–H groups in total. The number of nitrogens with one attached hydrogen (secondary N) is 2. The van der Waals surface area contributed by atoms with E-state index in [0.717, 1.165) is 18.4 Å². The topological polar surface area (TPSA) is 87.7 Å². The summed E-state index contributed by atoms with van der Waals surface area (Å²) < 4.78 is 6.45. The van der Waals surface area contributed by atoms with Crippen LogP contribution in [0.5, 0.6) is 0 Å². The number of amides is 3. The van der Waals surface area contributed by atoms with E-state index in [1.807, 2.05) is 57.2 Å². The van der Waals surface area contributed by atoms with Crippen molar-refractivity contribution in [1.82, 2.24) is 10.2 Å². The maximum atomic E-state index is 14.0. The predicted molar refractivity (Wildman–Crippen MR) is 138 cm³/mol. The molecule has 1 spiro atoms. The van der Waals surface area contributed by atoms with E-state index < -0.39 is 29.6 Å². The van der Waals surface area contributed by atoms with Crippen LogP contribution in [0.25, 0.3) is 0 Å². The van der Waals surface area contributed by atoms with Crippen molar-refractivity contribution in [3.63, 3.8) is 0 Å². The van der Waals surface area contributed by atoms with E-state index in [9.17, 15) is 14.4 Å². The summed E-state index contributed by atoms with van der Waals surface area (Å²) in [6.45, 7) is 10.4. The molecule has 194 valence electrons. The zero-order chi connectivity index (χ0) is 25.8. The molecule has 0 radical (unpaired) electrons. The van der Waals surface area contributed by atoms with Gasteiger partial charge in [0, 0.05) is 17.8 Å². The third kappa shape index (κ3) is 3.87. The quantitative estimate of drug-likeness (QED) is 0.590. The van der Waals surface area contributed by atoms with Crippen molar-refractivity contribution < 1.29 is 19.1 Å². The molecule has 5 rings (SSSR count). The molecule has 7 nitrogen and oxygen atoms in total.